The van der Waals surface area contributed by atoms with Crippen LogP contribution in [0.25, 0.3) is 0 Å². The Bertz CT molecular complexity index is 207. The smallest absolute Gasteiger partial charge is 0.101 e. The zero-order valence-electron chi connectivity index (χ0n) is 9.49. The number of fused-ring (bicyclic) bond motifs is 2. The maximum absolute atomic E-state index is 9.05. The van der Waals surface area contributed by atoms with E-state index >= 15 is 0 Å². The Kier molecular flexibility index (Phi) is 2.61. The summed E-state index contributed by atoms with van der Waals surface area (Å²) in [5.74, 6) is 2.33. The van der Waals surface area contributed by atoms with Crippen LogP contribution in [0, 0.1) is 23.2 Å². The molecule has 0 aromatic carbocycles. The van der Waals surface area contributed by atoms with Crippen molar-refractivity contribution in [1.29, 1.82) is 0 Å². The fourth-order valence-electron chi connectivity index (χ4n) is 3.54. The quantitative estimate of drug-likeness (QED) is 0.545. The molecule has 2 aliphatic rings. The Morgan fingerprint density at radius 1 is 1.21 bits per heavy atom. The Balaban J connectivity index is 2.06. The first-order valence-corrected chi connectivity index (χ1v) is 5.82. The van der Waals surface area contributed by atoms with Gasteiger partial charge in [0, 0.05) is 0 Å². The van der Waals surface area contributed by atoms with Crippen molar-refractivity contribution in [2.75, 3.05) is 0 Å². The highest BCUT2D eigenvalue weighted by molar-refractivity contribution is 4.96. The lowest BCUT2D eigenvalue weighted by atomic mass is 9.74. The van der Waals surface area contributed by atoms with Crippen molar-refractivity contribution in [3.63, 3.8) is 0 Å². The predicted octanol–water partition coefficient (Wildman–Crippen LogP) is 3.33. The molecule has 0 aromatic rings. The molecule has 2 aliphatic carbocycles. The van der Waals surface area contributed by atoms with Crippen LogP contribution in [0.15, 0.2) is 0 Å². The third-order valence-corrected chi connectivity index (χ3v) is 4.15. The molecule has 2 bridgehead atoms. The van der Waals surface area contributed by atoms with Crippen LogP contribution in [-0.2, 0) is 4.89 Å². The fraction of sp³-hybridized carbons (Fsp3) is 1.00. The predicted molar refractivity (Wildman–Crippen MR) is 55.9 cm³/mol. The minimum Gasteiger partial charge on any atom is -0.252 e. The highest BCUT2D eigenvalue weighted by Crippen LogP contribution is 2.52. The second-order valence-electron chi connectivity index (χ2n) is 6.23. The van der Waals surface area contributed by atoms with Crippen LogP contribution < -0.4 is 0 Å². The maximum Gasteiger partial charge on any atom is 0.101 e. The number of hydrogen-bond acceptors (Lipinski definition) is 2. The molecule has 0 aromatic heterocycles. The molecule has 0 heterocycles. The van der Waals surface area contributed by atoms with E-state index in [0.29, 0.717) is 5.92 Å². The summed E-state index contributed by atoms with van der Waals surface area (Å²) in [6.45, 7) is 6.46. The van der Waals surface area contributed by atoms with Crippen LogP contribution >= 0.6 is 0 Å². The van der Waals surface area contributed by atoms with E-state index < -0.39 is 0 Å². The van der Waals surface area contributed by atoms with E-state index in [2.05, 4.69) is 20.8 Å². The maximum atomic E-state index is 9.05. The van der Waals surface area contributed by atoms with Crippen LogP contribution in [0.3, 0.4) is 0 Å². The summed E-state index contributed by atoms with van der Waals surface area (Å²) < 4.78 is 0. The summed E-state index contributed by atoms with van der Waals surface area (Å²) in [7, 11) is 0. The largest absolute Gasteiger partial charge is 0.252 e. The van der Waals surface area contributed by atoms with Gasteiger partial charge in [-0.3, -0.25) is 5.26 Å². The average molecular weight is 198 g/mol. The molecule has 82 valence electrons. The molecule has 4 atom stereocenters. The van der Waals surface area contributed by atoms with E-state index in [-0.39, 0.29) is 11.5 Å². The SMILES string of the molecule is CC(C)(C)C(OO)C1CC2CCC1C2. The van der Waals surface area contributed by atoms with Crippen molar-refractivity contribution in [3.8, 4) is 0 Å². The Morgan fingerprint density at radius 2 is 1.93 bits per heavy atom. The molecule has 2 fully saturated rings. The van der Waals surface area contributed by atoms with Crippen molar-refractivity contribution < 1.29 is 10.1 Å². The van der Waals surface area contributed by atoms with Gasteiger partial charge in [0.2, 0.25) is 0 Å². The molecular formula is C12H22O2. The van der Waals surface area contributed by atoms with Crippen LogP contribution in [0.4, 0.5) is 0 Å². The average Bonchev–Trinajstić information content (AvgIpc) is 2.63. The van der Waals surface area contributed by atoms with Gasteiger partial charge in [0.25, 0.3) is 0 Å². The summed E-state index contributed by atoms with van der Waals surface area (Å²) in [5.41, 5.74) is 0.0594. The Labute approximate surface area is 86.6 Å². The molecule has 0 spiro atoms. The Morgan fingerprint density at radius 3 is 2.29 bits per heavy atom. The molecule has 0 radical (unpaired) electrons. The fourth-order valence-corrected chi connectivity index (χ4v) is 3.54. The van der Waals surface area contributed by atoms with Crippen molar-refractivity contribution in [2.24, 2.45) is 23.2 Å². The van der Waals surface area contributed by atoms with Gasteiger partial charge >= 0.3 is 0 Å². The summed E-state index contributed by atoms with van der Waals surface area (Å²) in [6, 6.07) is 0. The van der Waals surface area contributed by atoms with Gasteiger partial charge in [-0.1, -0.05) is 27.2 Å². The van der Waals surface area contributed by atoms with Crippen molar-refractivity contribution in [2.45, 2.75) is 52.6 Å². The molecule has 2 saturated carbocycles. The van der Waals surface area contributed by atoms with E-state index in [4.69, 9.17) is 10.1 Å². The normalized spacial score (nSPS) is 39.0. The third-order valence-electron chi connectivity index (χ3n) is 4.15. The first-order chi connectivity index (χ1) is 6.52. The first kappa shape index (κ1) is 10.4. The minimum atomic E-state index is 0.0257. The summed E-state index contributed by atoms with van der Waals surface area (Å²) in [6.07, 6.45) is 5.43. The van der Waals surface area contributed by atoms with Crippen LogP contribution in [0.2, 0.25) is 0 Å². The van der Waals surface area contributed by atoms with Gasteiger partial charge in [0.15, 0.2) is 0 Å². The zero-order valence-corrected chi connectivity index (χ0v) is 9.49. The van der Waals surface area contributed by atoms with Gasteiger partial charge < -0.3 is 0 Å². The van der Waals surface area contributed by atoms with E-state index in [9.17, 15) is 0 Å². The van der Waals surface area contributed by atoms with Crippen LogP contribution in [-0.4, -0.2) is 11.4 Å². The van der Waals surface area contributed by atoms with Crippen LogP contribution in [0.1, 0.15) is 46.5 Å². The lowest BCUT2D eigenvalue weighted by Gasteiger charge is -2.36. The lowest BCUT2D eigenvalue weighted by molar-refractivity contribution is -0.315. The topological polar surface area (TPSA) is 29.5 Å². The van der Waals surface area contributed by atoms with Gasteiger partial charge in [0.1, 0.15) is 6.10 Å². The standard InChI is InChI=1S/C12H22O2/c1-12(2,3)11(14-13)10-7-8-4-5-9(10)6-8/h8-11,13H,4-7H2,1-3H3. The van der Waals surface area contributed by atoms with Crippen molar-refractivity contribution in [3.05, 3.63) is 0 Å². The van der Waals surface area contributed by atoms with Gasteiger partial charge in [-0.25, -0.2) is 4.89 Å². The van der Waals surface area contributed by atoms with E-state index in [1.807, 2.05) is 0 Å². The molecule has 0 saturated heterocycles. The summed E-state index contributed by atoms with van der Waals surface area (Å²) in [4.78, 5) is 4.75. The van der Waals surface area contributed by atoms with E-state index in [0.717, 1.165) is 11.8 Å². The Hall–Kier alpha value is -0.0800. The van der Waals surface area contributed by atoms with Crippen LogP contribution in [0.5, 0.6) is 0 Å². The number of rotatable bonds is 2. The molecule has 1 N–H and O–H groups in total. The third kappa shape index (κ3) is 1.70. The monoisotopic (exact) mass is 198 g/mol. The highest BCUT2D eigenvalue weighted by Gasteiger charge is 2.47. The van der Waals surface area contributed by atoms with Gasteiger partial charge in [0.05, 0.1) is 0 Å². The van der Waals surface area contributed by atoms with Crippen molar-refractivity contribution >= 4 is 0 Å². The second-order valence-corrected chi connectivity index (χ2v) is 6.23. The molecular weight excluding hydrogens is 176 g/mol. The van der Waals surface area contributed by atoms with Gasteiger partial charge in [-0.2, -0.15) is 0 Å². The lowest BCUT2D eigenvalue weighted by Crippen LogP contribution is -2.38. The second kappa shape index (κ2) is 3.49. The summed E-state index contributed by atoms with van der Waals surface area (Å²) >= 11 is 0. The highest BCUT2D eigenvalue weighted by atomic mass is 17.1. The molecule has 4 unspecified atom stereocenters. The first-order valence-electron chi connectivity index (χ1n) is 5.82. The number of hydrogen-bond donors (Lipinski definition) is 1. The molecule has 2 nitrogen and oxygen atoms in total. The summed E-state index contributed by atoms with van der Waals surface area (Å²) in [5, 5.41) is 9.05. The zero-order chi connectivity index (χ0) is 10.3. The van der Waals surface area contributed by atoms with Gasteiger partial charge in [-0.05, 0) is 42.4 Å². The molecule has 2 rings (SSSR count). The van der Waals surface area contributed by atoms with E-state index in [1.54, 1.807) is 0 Å². The van der Waals surface area contributed by atoms with Crippen molar-refractivity contribution in [1.82, 2.24) is 0 Å². The van der Waals surface area contributed by atoms with E-state index in [1.165, 1.54) is 25.7 Å². The molecule has 14 heavy (non-hydrogen) atoms. The molecule has 0 aliphatic heterocycles. The minimum absolute atomic E-state index is 0.0257. The molecule has 0 amide bonds. The van der Waals surface area contributed by atoms with Gasteiger partial charge in [-0.15, -0.1) is 0 Å². The molecule has 2 heteroatoms.